The third kappa shape index (κ3) is 2.70. The molecule has 22 heavy (non-hydrogen) atoms. The quantitative estimate of drug-likeness (QED) is 0.568. The molecule has 0 radical (unpaired) electrons. The summed E-state index contributed by atoms with van der Waals surface area (Å²) in [5.41, 5.74) is 4.89. The molecule has 112 valence electrons. The van der Waals surface area contributed by atoms with Gasteiger partial charge in [-0.25, -0.2) is 4.98 Å². The van der Waals surface area contributed by atoms with Gasteiger partial charge in [0.25, 0.3) is 0 Å². The number of carbonyl (C=O) groups excluding carboxylic acids is 1. The van der Waals surface area contributed by atoms with Crippen LogP contribution in [-0.2, 0) is 11.3 Å². The minimum absolute atomic E-state index is 0.0121. The van der Waals surface area contributed by atoms with E-state index in [9.17, 15) is 9.90 Å². The number of aryl methyl sites for hydroxylation is 1. The van der Waals surface area contributed by atoms with Gasteiger partial charge >= 0.3 is 0 Å². The van der Waals surface area contributed by atoms with E-state index in [1.807, 2.05) is 36.4 Å². The first kappa shape index (κ1) is 14.3. The highest BCUT2D eigenvalue weighted by molar-refractivity contribution is 5.83. The molecular formula is C17H17N3O2. The zero-order chi connectivity index (χ0) is 15.5. The van der Waals surface area contributed by atoms with Gasteiger partial charge in [-0.05, 0) is 25.1 Å². The number of carboxylic acids is 1. The van der Waals surface area contributed by atoms with Gasteiger partial charge in [0.05, 0.1) is 0 Å². The van der Waals surface area contributed by atoms with Gasteiger partial charge in [0.2, 0.25) is 11.0 Å². The Kier molecular flexibility index (Phi) is 3.87. The van der Waals surface area contributed by atoms with Crippen molar-refractivity contribution in [2.24, 2.45) is 0 Å². The minimum Gasteiger partial charge on any atom is -0.550 e. The summed E-state index contributed by atoms with van der Waals surface area (Å²) in [6.45, 7) is 3.28. The third-order valence-corrected chi connectivity index (χ3v) is 3.65. The summed E-state index contributed by atoms with van der Waals surface area (Å²) >= 11 is 0. The van der Waals surface area contributed by atoms with E-state index in [4.69, 9.17) is 0 Å². The predicted molar refractivity (Wildman–Crippen MR) is 83.2 cm³/mol. The molecular weight excluding hydrogens is 278 g/mol. The van der Waals surface area contributed by atoms with Crippen LogP contribution in [0, 0.1) is 0 Å². The van der Waals surface area contributed by atoms with Crippen molar-refractivity contribution in [2.45, 2.75) is 19.9 Å². The Balaban J connectivity index is 2.06. The fourth-order valence-corrected chi connectivity index (χ4v) is 2.64. The summed E-state index contributed by atoms with van der Waals surface area (Å²) in [5.74, 6) is -1.05. The molecule has 0 saturated carbocycles. The second-order valence-electron chi connectivity index (χ2n) is 5.10. The maximum absolute atomic E-state index is 10.5. The van der Waals surface area contributed by atoms with E-state index in [1.54, 1.807) is 0 Å². The molecule has 3 rings (SSSR count). The molecule has 0 amide bonds. The van der Waals surface area contributed by atoms with E-state index in [-0.39, 0.29) is 6.42 Å². The number of rotatable bonds is 5. The highest BCUT2D eigenvalue weighted by atomic mass is 16.4. The normalized spacial score (nSPS) is 11.0. The number of para-hydroxylation sites is 2. The standard InChI is InChI=1S/C17H17N3O2/c1-2-20-15-6-4-3-5-13(15)19-14-8-7-12(11-16(14)20)18-10-9-17(21)22/h3-8,11H,2,9-10H2,1H3,(H,21,22). The molecule has 0 aliphatic rings. The van der Waals surface area contributed by atoms with Crippen molar-refractivity contribution >= 4 is 33.7 Å². The molecule has 1 aromatic heterocycles. The largest absolute Gasteiger partial charge is 0.550 e. The Morgan fingerprint density at radius 2 is 1.95 bits per heavy atom. The molecule has 0 saturated heterocycles. The van der Waals surface area contributed by atoms with Gasteiger partial charge in [-0.15, -0.1) is 0 Å². The number of hydrogen-bond donors (Lipinski definition) is 1. The lowest BCUT2D eigenvalue weighted by Gasteiger charge is -2.08. The smallest absolute Gasteiger partial charge is 0.233 e. The van der Waals surface area contributed by atoms with Crippen molar-refractivity contribution < 1.29 is 14.5 Å². The van der Waals surface area contributed by atoms with E-state index in [0.717, 1.165) is 34.3 Å². The molecule has 0 aliphatic carbocycles. The van der Waals surface area contributed by atoms with Crippen molar-refractivity contribution in [1.29, 1.82) is 0 Å². The monoisotopic (exact) mass is 295 g/mol. The molecule has 2 aromatic carbocycles. The van der Waals surface area contributed by atoms with Crippen LogP contribution < -0.4 is 15.0 Å². The molecule has 1 N–H and O–H groups in total. The lowest BCUT2D eigenvalue weighted by atomic mass is 10.2. The zero-order valence-corrected chi connectivity index (χ0v) is 12.4. The Labute approximate surface area is 128 Å². The molecule has 0 aliphatic heterocycles. The van der Waals surface area contributed by atoms with E-state index in [0.29, 0.717) is 6.54 Å². The number of hydrogen-bond acceptors (Lipinski definition) is 4. The van der Waals surface area contributed by atoms with Crippen LogP contribution >= 0.6 is 0 Å². The number of carbonyl (C=O) groups is 1. The molecule has 0 atom stereocenters. The van der Waals surface area contributed by atoms with E-state index >= 15 is 0 Å². The van der Waals surface area contributed by atoms with Crippen LogP contribution in [0.5, 0.6) is 0 Å². The second-order valence-corrected chi connectivity index (χ2v) is 5.10. The number of benzene rings is 2. The highest BCUT2D eigenvalue weighted by Crippen LogP contribution is 2.18. The molecule has 1 heterocycles. The third-order valence-electron chi connectivity index (χ3n) is 3.65. The Morgan fingerprint density at radius 1 is 1.18 bits per heavy atom. The molecule has 5 heteroatoms. The molecule has 0 unspecified atom stereocenters. The first-order chi connectivity index (χ1) is 10.7. The van der Waals surface area contributed by atoms with Crippen molar-refractivity contribution in [3.05, 3.63) is 42.5 Å². The lowest BCUT2D eigenvalue weighted by molar-refractivity contribution is -0.641. The van der Waals surface area contributed by atoms with Crippen LogP contribution in [0.1, 0.15) is 13.3 Å². The van der Waals surface area contributed by atoms with E-state index in [1.165, 1.54) is 0 Å². The number of nitrogens with zero attached hydrogens (tertiary/aromatic N) is 2. The second kappa shape index (κ2) is 5.97. The number of fused-ring (bicyclic) bond motifs is 2. The zero-order valence-electron chi connectivity index (χ0n) is 12.4. The molecule has 3 aromatic rings. The highest BCUT2D eigenvalue weighted by Gasteiger charge is 2.15. The van der Waals surface area contributed by atoms with Gasteiger partial charge < -0.3 is 15.2 Å². The van der Waals surface area contributed by atoms with Crippen LogP contribution in [-0.4, -0.2) is 17.5 Å². The number of carboxylic acid groups (broad SMARTS) is 1. The number of anilines is 1. The summed E-state index contributed by atoms with van der Waals surface area (Å²) in [5, 5.41) is 13.6. The van der Waals surface area contributed by atoms with Crippen LogP contribution in [0.4, 0.5) is 5.69 Å². The average Bonchev–Trinajstić information content (AvgIpc) is 2.52. The first-order valence-electron chi connectivity index (χ1n) is 7.35. The predicted octanol–water partition coefficient (Wildman–Crippen LogP) is 1.25. The molecule has 0 bridgehead atoms. The van der Waals surface area contributed by atoms with Crippen molar-refractivity contribution in [3.8, 4) is 0 Å². The Bertz CT molecular complexity index is 846. The number of aromatic nitrogens is 2. The van der Waals surface area contributed by atoms with Crippen molar-refractivity contribution in [3.63, 3.8) is 0 Å². The molecule has 5 nitrogen and oxygen atoms in total. The number of aliphatic carboxylic acids is 1. The van der Waals surface area contributed by atoms with E-state index in [2.05, 4.69) is 27.9 Å². The van der Waals surface area contributed by atoms with Gasteiger partial charge in [-0.1, -0.05) is 12.1 Å². The Hall–Kier alpha value is -2.69. The van der Waals surface area contributed by atoms with Crippen LogP contribution in [0.3, 0.4) is 0 Å². The van der Waals surface area contributed by atoms with Crippen LogP contribution in [0.2, 0.25) is 0 Å². The SMILES string of the molecule is CC[n+]1c2ccccc2nc2ccc(NCCC(=O)[O-])cc21. The summed E-state index contributed by atoms with van der Waals surface area (Å²) in [4.78, 5) is 15.2. The number of nitrogens with one attached hydrogen (secondary N) is 1. The van der Waals surface area contributed by atoms with Gasteiger partial charge in [0.15, 0.2) is 0 Å². The van der Waals surface area contributed by atoms with Gasteiger partial charge in [-0.2, -0.15) is 4.57 Å². The fraction of sp³-hybridized carbons (Fsp3) is 0.235. The average molecular weight is 295 g/mol. The van der Waals surface area contributed by atoms with Crippen LogP contribution in [0.15, 0.2) is 42.5 Å². The summed E-state index contributed by atoms with van der Waals surface area (Å²) in [6, 6.07) is 13.9. The van der Waals surface area contributed by atoms with E-state index < -0.39 is 5.97 Å². The summed E-state index contributed by atoms with van der Waals surface area (Å²) < 4.78 is 2.21. The van der Waals surface area contributed by atoms with Gasteiger partial charge in [0, 0.05) is 36.8 Å². The van der Waals surface area contributed by atoms with Gasteiger partial charge in [0.1, 0.15) is 17.6 Å². The topological polar surface area (TPSA) is 68.9 Å². The fourth-order valence-electron chi connectivity index (χ4n) is 2.64. The van der Waals surface area contributed by atoms with Gasteiger partial charge in [-0.3, -0.25) is 0 Å². The maximum Gasteiger partial charge on any atom is 0.233 e. The molecule has 0 fully saturated rings. The first-order valence-corrected chi connectivity index (χ1v) is 7.35. The maximum atomic E-state index is 10.5. The summed E-state index contributed by atoms with van der Waals surface area (Å²) in [7, 11) is 0. The van der Waals surface area contributed by atoms with Crippen molar-refractivity contribution in [1.82, 2.24) is 4.98 Å². The minimum atomic E-state index is -1.05. The van der Waals surface area contributed by atoms with Crippen LogP contribution in [0.25, 0.3) is 22.1 Å². The lowest BCUT2D eigenvalue weighted by Crippen LogP contribution is -2.34. The van der Waals surface area contributed by atoms with Crippen molar-refractivity contribution in [2.75, 3.05) is 11.9 Å². The Morgan fingerprint density at radius 3 is 2.73 bits per heavy atom. The molecule has 0 spiro atoms. The summed E-state index contributed by atoms with van der Waals surface area (Å²) in [6.07, 6.45) is -0.0121.